The third kappa shape index (κ3) is 3.84. The summed E-state index contributed by atoms with van der Waals surface area (Å²) < 4.78 is 1.66. The van der Waals surface area contributed by atoms with Gasteiger partial charge < -0.3 is 10.4 Å². The standard InChI is InChI=1S/C18H11Br2NO3S/c19-11-7-5-10(6-8-11)17(22)21-14-9-25-16(15(14)18(23)24)12-3-1-2-4-13(12)20/h1-9H,(H,21,22)(H,23,24). The van der Waals surface area contributed by atoms with Crippen LogP contribution in [0.25, 0.3) is 10.4 Å². The Hall–Kier alpha value is -1.96. The second-order valence-electron chi connectivity index (χ2n) is 5.10. The Morgan fingerprint density at radius 1 is 1.00 bits per heavy atom. The van der Waals surface area contributed by atoms with E-state index >= 15 is 0 Å². The summed E-state index contributed by atoms with van der Waals surface area (Å²) >= 11 is 8.04. The van der Waals surface area contributed by atoms with Crippen LogP contribution in [0.4, 0.5) is 5.69 Å². The van der Waals surface area contributed by atoms with Crippen LogP contribution in [0.5, 0.6) is 0 Å². The second kappa shape index (κ2) is 7.51. The van der Waals surface area contributed by atoms with E-state index in [0.29, 0.717) is 10.4 Å². The normalized spacial score (nSPS) is 10.5. The third-order valence-corrected chi connectivity index (χ3v) is 5.71. The van der Waals surface area contributed by atoms with E-state index in [1.165, 1.54) is 11.3 Å². The Bertz CT molecular complexity index is 951. The van der Waals surface area contributed by atoms with E-state index in [9.17, 15) is 14.7 Å². The van der Waals surface area contributed by atoms with Crippen molar-refractivity contribution in [2.45, 2.75) is 0 Å². The summed E-state index contributed by atoms with van der Waals surface area (Å²) in [4.78, 5) is 24.8. The Balaban J connectivity index is 1.98. The highest BCUT2D eigenvalue weighted by molar-refractivity contribution is 9.10. The van der Waals surface area contributed by atoms with Crippen molar-refractivity contribution in [3.05, 3.63) is 74.0 Å². The first-order chi connectivity index (χ1) is 12.0. The average molecular weight is 481 g/mol. The molecule has 2 N–H and O–H groups in total. The second-order valence-corrected chi connectivity index (χ2v) is 7.75. The molecule has 2 aromatic carbocycles. The quantitative estimate of drug-likeness (QED) is 0.489. The summed E-state index contributed by atoms with van der Waals surface area (Å²) in [5.41, 5.74) is 1.60. The van der Waals surface area contributed by atoms with Crippen molar-refractivity contribution in [2.24, 2.45) is 0 Å². The summed E-state index contributed by atoms with van der Waals surface area (Å²) in [7, 11) is 0. The smallest absolute Gasteiger partial charge is 0.339 e. The molecule has 0 saturated heterocycles. The molecule has 0 bridgehead atoms. The molecule has 0 fully saturated rings. The fourth-order valence-electron chi connectivity index (χ4n) is 2.30. The third-order valence-electron chi connectivity index (χ3n) is 3.48. The number of anilines is 1. The molecule has 0 spiro atoms. The molecule has 25 heavy (non-hydrogen) atoms. The van der Waals surface area contributed by atoms with Gasteiger partial charge in [0.05, 0.1) is 10.6 Å². The lowest BCUT2D eigenvalue weighted by Crippen LogP contribution is -2.13. The highest BCUT2D eigenvalue weighted by atomic mass is 79.9. The molecule has 0 aliphatic heterocycles. The zero-order chi connectivity index (χ0) is 18.0. The minimum atomic E-state index is -1.09. The van der Waals surface area contributed by atoms with E-state index in [0.717, 1.165) is 14.5 Å². The summed E-state index contributed by atoms with van der Waals surface area (Å²) in [6.07, 6.45) is 0. The Kier molecular flexibility index (Phi) is 5.36. The van der Waals surface area contributed by atoms with E-state index in [2.05, 4.69) is 37.2 Å². The number of carboxylic acid groups (broad SMARTS) is 1. The van der Waals surface area contributed by atoms with Gasteiger partial charge in [-0.1, -0.05) is 50.1 Å². The van der Waals surface area contributed by atoms with E-state index < -0.39 is 5.97 Å². The Labute approximate surface area is 164 Å². The fourth-order valence-corrected chi connectivity index (χ4v) is 4.21. The summed E-state index contributed by atoms with van der Waals surface area (Å²) in [6.45, 7) is 0. The van der Waals surface area contributed by atoms with Gasteiger partial charge in [-0.25, -0.2) is 4.79 Å². The Morgan fingerprint density at radius 2 is 1.68 bits per heavy atom. The van der Waals surface area contributed by atoms with E-state index in [1.807, 2.05) is 24.3 Å². The minimum absolute atomic E-state index is 0.0855. The average Bonchev–Trinajstić information content (AvgIpc) is 2.99. The molecule has 0 aliphatic rings. The maximum atomic E-state index is 12.4. The number of aromatic carboxylic acids is 1. The molecule has 7 heteroatoms. The first-order valence-corrected chi connectivity index (χ1v) is 9.60. The van der Waals surface area contributed by atoms with Crippen molar-refractivity contribution in [1.29, 1.82) is 0 Å². The van der Waals surface area contributed by atoms with Crippen molar-refractivity contribution in [1.82, 2.24) is 0 Å². The van der Waals surface area contributed by atoms with Crippen molar-refractivity contribution in [2.75, 3.05) is 5.32 Å². The van der Waals surface area contributed by atoms with Crippen LogP contribution < -0.4 is 5.32 Å². The van der Waals surface area contributed by atoms with Crippen LogP contribution in [0.3, 0.4) is 0 Å². The van der Waals surface area contributed by atoms with Crippen LogP contribution in [-0.2, 0) is 0 Å². The van der Waals surface area contributed by atoms with Gasteiger partial charge in [-0.05, 0) is 30.3 Å². The van der Waals surface area contributed by atoms with Crippen LogP contribution in [0.15, 0.2) is 62.9 Å². The van der Waals surface area contributed by atoms with E-state index in [1.54, 1.807) is 29.6 Å². The number of hydrogen-bond donors (Lipinski definition) is 2. The molecular weight excluding hydrogens is 470 g/mol. The lowest BCUT2D eigenvalue weighted by Gasteiger charge is -2.07. The van der Waals surface area contributed by atoms with Gasteiger partial charge in [0.2, 0.25) is 0 Å². The van der Waals surface area contributed by atoms with Crippen LogP contribution in [0, 0.1) is 0 Å². The predicted molar refractivity (Wildman–Crippen MR) is 107 cm³/mol. The number of rotatable bonds is 4. The van der Waals surface area contributed by atoms with Crippen molar-refractivity contribution < 1.29 is 14.7 Å². The highest BCUT2D eigenvalue weighted by Crippen LogP contribution is 2.39. The number of amides is 1. The van der Waals surface area contributed by atoms with Crippen LogP contribution in [0.1, 0.15) is 20.7 Å². The van der Waals surface area contributed by atoms with Crippen LogP contribution in [-0.4, -0.2) is 17.0 Å². The molecule has 1 heterocycles. The number of carboxylic acids is 1. The number of carbonyl (C=O) groups is 2. The maximum Gasteiger partial charge on any atom is 0.339 e. The zero-order valence-corrected chi connectivity index (χ0v) is 16.6. The Morgan fingerprint density at radius 3 is 2.32 bits per heavy atom. The summed E-state index contributed by atoms with van der Waals surface area (Å²) in [6, 6.07) is 14.2. The number of nitrogens with one attached hydrogen (secondary N) is 1. The molecule has 0 radical (unpaired) electrons. The van der Waals surface area contributed by atoms with Gasteiger partial charge in [-0.15, -0.1) is 11.3 Å². The number of benzene rings is 2. The van der Waals surface area contributed by atoms with E-state index in [4.69, 9.17) is 0 Å². The molecule has 3 aromatic rings. The molecule has 0 atom stereocenters. The fraction of sp³-hybridized carbons (Fsp3) is 0. The molecular formula is C18H11Br2NO3S. The van der Waals surface area contributed by atoms with Gasteiger partial charge in [-0.2, -0.15) is 0 Å². The molecule has 4 nitrogen and oxygen atoms in total. The molecule has 0 unspecified atom stereocenters. The first-order valence-electron chi connectivity index (χ1n) is 7.14. The minimum Gasteiger partial charge on any atom is -0.478 e. The summed E-state index contributed by atoms with van der Waals surface area (Å²) in [5, 5.41) is 14.0. The molecule has 3 rings (SSSR count). The SMILES string of the molecule is O=C(Nc1csc(-c2ccccc2Br)c1C(=O)O)c1ccc(Br)cc1. The lowest BCUT2D eigenvalue weighted by molar-refractivity contribution is 0.0699. The van der Waals surface area contributed by atoms with Gasteiger partial charge in [-0.3, -0.25) is 4.79 Å². The van der Waals surface area contributed by atoms with Gasteiger partial charge in [0.25, 0.3) is 5.91 Å². The van der Waals surface area contributed by atoms with Crippen molar-refractivity contribution in [3.8, 4) is 10.4 Å². The first kappa shape index (κ1) is 17.8. The lowest BCUT2D eigenvalue weighted by atomic mass is 10.1. The van der Waals surface area contributed by atoms with Gasteiger partial charge in [0.1, 0.15) is 5.56 Å². The topological polar surface area (TPSA) is 66.4 Å². The van der Waals surface area contributed by atoms with Crippen LogP contribution >= 0.6 is 43.2 Å². The molecule has 0 aliphatic carbocycles. The van der Waals surface area contributed by atoms with E-state index in [-0.39, 0.29) is 17.2 Å². The van der Waals surface area contributed by atoms with Crippen molar-refractivity contribution >= 4 is 60.8 Å². The largest absolute Gasteiger partial charge is 0.478 e. The molecule has 1 amide bonds. The number of thiophene rings is 1. The zero-order valence-electron chi connectivity index (χ0n) is 12.6. The van der Waals surface area contributed by atoms with Crippen molar-refractivity contribution in [3.63, 3.8) is 0 Å². The monoisotopic (exact) mass is 479 g/mol. The predicted octanol–water partition coefficient (Wildman–Crippen LogP) is 5.89. The van der Waals surface area contributed by atoms with Gasteiger partial charge >= 0.3 is 5.97 Å². The van der Waals surface area contributed by atoms with Gasteiger partial charge in [0.15, 0.2) is 0 Å². The number of carbonyl (C=O) groups excluding carboxylic acids is 1. The van der Waals surface area contributed by atoms with Crippen LogP contribution in [0.2, 0.25) is 0 Å². The molecule has 1 aromatic heterocycles. The van der Waals surface area contributed by atoms with Gasteiger partial charge in [0, 0.05) is 25.5 Å². The molecule has 0 saturated carbocycles. The maximum absolute atomic E-state index is 12.4. The molecule has 126 valence electrons. The number of halogens is 2. The highest BCUT2D eigenvalue weighted by Gasteiger charge is 2.22. The number of hydrogen-bond acceptors (Lipinski definition) is 3. The summed E-state index contributed by atoms with van der Waals surface area (Å²) in [5.74, 6) is -1.44.